The summed E-state index contributed by atoms with van der Waals surface area (Å²) in [5, 5.41) is 0. The molecule has 0 saturated carbocycles. The van der Waals surface area contributed by atoms with Crippen molar-refractivity contribution in [2.24, 2.45) is 5.92 Å². The Morgan fingerprint density at radius 2 is 1.65 bits per heavy atom. The molecular weight excluding hydrogens is 348 g/mol. The van der Waals surface area contributed by atoms with Gasteiger partial charge in [0.15, 0.2) is 0 Å². The molecule has 5 nitrogen and oxygen atoms in total. The number of amides is 1. The Morgan fingerprint density at radius 3 is 2.23 bits per heavy atom. The molecule has 0 aliphatic carbocycles. The van der Waals surface area contributed by atoms with Crippen LogP contribution < -0.4 is 4.72 Å². The number of rotatable bonds is 5. The van der Waals surface area contributed by atoms with E-state index >= 15 is 0 Å². The smallest absolute Gasteiger partial charge is 0.253 e. The SMILES string of the molecule is CS(=O)(=O)Nc1ccc(C(=O)N2CCC(Cc3ccccc3)CC2)cc1. The molecule has 1 aliphatic rings. The van der Waals surface area contributed by atoms with Gasteiger partial charge in [-0.3, -0.25) is 9.52 Å². The summed E-state index contributed by atoms with van der Waals surface area (Å²) in [6.45, 7) is 1.53. The van der Waals surface area contributed by atoms with Gasteiger partial charge < -0.3 is 4.90 Å². The minimum atomic E-state index is -3.31. The molecule has 2 aromatic rings. The molecule has 1 fully saturated rings. The fraction of sp³-hybridized carbons (Fsp3) is 0.350. The van der Waals surface area contributed by atoms with Crippen molar-refractivity contribution in [3.63, 3.8) is 0 Å². The van der Waals surface area contributed by atoms with E-state index in [9.17, 15) is 13.2 Å². The van der Waals surface area contributed by atoms with Crippen molar-refractivity contribution in [3.05, 3.63) is 65.7 Å². The zero-order valence-corrected chi connectivity index (χ0v) is 15.7. The molecule has 0 unspecified atom stereocenters. The number of sulfonamides is 1. The fourth-order valence-corrected chi connectivity index (χ4v) is 3.93. The Hall–Kier alpha value is -2.34. The normalized spacial score (nSPS) is 15.7. The molecule has 1 heterocycles. The predicted molar refractivity (Wildman–Crippen MR) is 104 cm³/mol. The van der Waals surface area contributed by atoms with E-state index in [0.717, 1.165) is 38.6 Å². The molecule has 138 valence electrons. The van der Waals surface area contributed by atoms with Crippen LogP contribution >= 0.6 is 0 Å². The maximum atomic E-state index is 12.6. The standard InChI is InChI=1S/C20H24N2O3S/c1-26(24,25)21-19-9-7-18(8-10-19)20(23)22-13-11-17(12-14-22)15-16-5-3-2-4-6-16/h2-10,17,21H,11-15H2,1H3. The second-order valence-corrected chi connectivity index (χ2v) is 8.63. The lowest BCUT2D eigenvalue weighted by Crippen LogP contribution is -2.38. The van der Waals surface area contributed by atoms with Gasteiger partial charge in [0, 0.05) is 24.3 Å². The maximum absolute atomic E-state index is 12.6. The van der Waals surface area contributed by atoms with Crippen LogP contribution in [0.3, 0.4) is 0 Å². The van der Waals surface area contributed by atoms with Gasteiger partial charge in [-0.15, -0.1) is 0 Å². The number of nitrogens with one attached hydrogen (secondary N) is 1. The van der Waals surface area contributed by atoms with E-state index in [-0.39, 0.29) is 5.91 Å². The lowest BCUT2D eigenvalue weighted by atomic mass is 9.90. The lowest BCUT2D eigenvalue weighted by molar-refractivity contribution is 0.0690. The Balaban J connectivity index is 1.55. The largest absolute Gasteiger partial charge is 0.339 e. The highest BCUT2D eigenvalue weighted by atomic mass is 32.2. The van der Waals surface area contributed by atoms with Gasteiger partial charge in [0.05, 0.1) is 6.26 Å². The number of likely N-dealkylation sites (tertiary alicyclic amines) is 1. The number of hydrogen-bond donors (Lipinski definition) is 1. The molecule has 1 saturated heterocycles. The monoisotopic (exact) mass is 372 g/mol. The van der Waals surface area contributed by atoms with E-state index in [1.54, 1.807) is 24.3 Å². The van der Waals surface area contributed by atoms with Crippen molar-refractivity contribution in [3.8, 4) is 0 Å². The van der Waals surface area contributed by atoms with E-state index in [0.29, 0.717) is 17.2 Å². The van der Waals surface area contributed by atoms with Crippen molar-refractivity contribution < 1.29 is 13.2 Å². The third kappa shape index (κ3) is 5.08. The summed E-state index contributed by atoms with van der Waals surface area (Å²) in [6.07, 6.45) is 4.18. The van der Waals surface area contributed by atoms with Gasteiger partial charge >= 0.3 is 0 Å². The Bertz CT molecular complexity index is 840. The topological polar surface area (TPSA) is 66.5 Å². The van der Waals surface area contributed by atoms with Gasteiger partial charge in [0.2, 0.25) is 10.0 Å². The molecule has 0 atom stereocenters. The average Bonchev–Trinajstić information content (AvgIpc) is 2.62. The van der Waals surface area contributed by atoms with E-state index in [1.165, 1.54) is 5.56 Å². The number of piperidine rings is 1. The van der Waals surface area contributed by atoms with E-state index < -0.39 is 10.0 Å². The molecule has 2 aromatic carbocycles. The Labute approximate surface area is 155 Å². The summed E-state index contributed by atoms with van der Waals surface area (Å²) in [5.74, 6) is 0.622. The fourth-order valence-electron chi connectivity index (χ4n) is 3.37. The van der Waals surface area contributed by atoms with Crippen LogP contribution in [0.4, 0.5) is 5.69 Å². The highest BCUT2D eigenvalue weighted by Crippen LogP contribution is 2.23. The van der Waals surface area contributed by atoms with Crippen LogP contribution in [0.15, 0.2) is 54.6 Å². The van der Waals surface area contributed by atoms with Crippen molar-refractivity contribution in [1.29, 1.82) is 0 Å². The summed E-state index contributed by atoms with van der Waals surface area (Å²) in [7, 11) is -3.31. The van der Waals surface area contributed by atoms with Gasteiger partial charge in [-0.25, -0.2) is 8.42 Å². The summed E-state index contributed by atoms with van der Waals surface area (Å²) in [5.41, 5.74) is 2.41. The third-order valence-corrected chi connectivity index (χ3v) is 5.31. The van der Waals surface area contributed by atoms with Crippen molar-refractivity contribution in [1.82, 2.24) is 4.90 Å². The van der Waals surface area contributed by atoms with Crippen molar-refractivity contribution in [2.45, 2.75) is 19.3 Å². The molecule has 0 bridgehead atoms. The van der Waals surface area contributed by atoms with Crippen LogP contribution in [0, 0.1) is 5.92 Å². The zero-order chi connectivity index (χ0) is 18.6. The molecule has 0 spiro atoms. The van der Waals surface area contributed by atoms with Gasteiger partial charge in [-0.2, -0.15) is 0 Å². The van der Waals surface area contributed by atoms with E-state index in [1.807, 2.05) is 11.0 Å². The van der Waals surface area contributed by atoms with Crippen molar-refractivity contribution >= 4 is 21.6 Å². The maximum Gasteiger partial charge on any atom is 0.253 e. The summed E-state index contributed by atoms with van der Waals surface area (Å²) in [6, 6.07) is 17.1. The first kappa shape index (κ1) is 18.5. The van der Waals surface area contributed by atoms with Crippen LogP contribution in [0.1, 0.15) is 28.8 Å². The summed E-state index contributed by atoms with van der Waals surface area (Å²) >= 11 is 0. The Kier molecular flexibility index (Phi) is 5.61. The lowest BCUT2D eigenvalue weighted by Gasteiger charge is -2.32. The molecule has 6 heteroatoms. The highest BCUT2D eigenvalue weighted by molar-refractivity contribution is 7.92. The quantitative estimate of drug-likeness (QED) is 0.877. The first-order valence-corrected chi connectivity index (χ1v) is 10.7. The van der Waals surface area contributed by atoms with Crippen LogP contribution in [-0.4, -0.2) is 38.6 Å². The molecule has 1 N–H and O–H groups in total. The van der Waals surface area contributed by atoms with E-state index in [2.05, 4.69) is 29.0 Å². The van der Waals surface area contributed by atoms with Gasteiger partial charge in [-0.05, 0) is 55.0 Å². The van der Waals surface area contributed by atoms with Crippen LogP contribution in [0.5, 0.6) is 0 Å². The van der Waals surface area contributed by atoms with Gasteiger partial charge in [-0.1, -0.05) is 30.3 Å². The highest BCUT2D eigenvalue weighted by Gasteiger charge is 2.23. The number of hydrogen-bond acceptors (Lipinski definition) is 3. The molecule has 1 aliphatic heterocycles. The number of nitrogens with zero attached hydrogens (tertiary/aromatic N) is 1. The van der Waals surface area contributed by atoms with Crippen LogP contribution in [-0.2, 0) is 16.4 Å². The summed E-state index contributed by atoms with van der Waals surface area (Å²) in [4.78, 5) is 14.5. The number of carbonyl (C=O) groups excluding carboxylic acids is 1. The minimum Gasteiger partial charge on any atom is -0.339 e. The second kappa shape index (κ2) is 7.91. The molecule has 0 aromatic heterocycles. The number of anilines is 1. The molecule has 26 heavy (non-hydrogen) atoms. The Morgan fingerprint density at radius 1 is 1.04 bits per heavy atom. The zero-order valence-electron chi connectivity index (χ0n) is 14.9. The van der Waals surface area contributed by atoms with Crippen LogP contribution in [0.25, 0.3) is 0 Å². The minimum absolute atomic E-state index is 0.00840. The first-order chi connectivity index (χ1) is 12.4. The van der Waals surface area contributed by atoms with Crippen LogP contribution in [0.2, 0.25) is 0 Å². The molecule has 1 amide bonds. The predicted octanol–water partition coefficient (Wildman–Crippen LogP) is 3.15. The third-order valence-electron chi connectivity index (χ3n) is 4.70. The number of carbonyl (C=O) groups is 1. The molecule has 0 radical (unpaired) electrons. The summed E-state index contributed by atoms with van der Waals surface area (Å²) < 4.78 is 24.9. The van der Waals surface area contributed by atoms with Crippen molar-refractivity contribution in [2.75, 3.05) is 24.1 Å². The van der Waals surface area contributed by atoms with Gasteiger partial charge in [0.25, 0.3) is 5.91 Å². The molecule has 3 rings (SSSR count). The second-order valence-electron chi connectivity index (χ2n) is 6.88. The van der Waals surface area contributed by atoms with Gasteiger partial charge in [0.1, 0.15) is 0 Å². The first-order valence-electron chi connectivity index (χ1n) is 8.82. The molecular formula is C20H24N2O3S. The number of benzene rings is 2. The van der Waals surface area contributed by atoms with E-state index in [4.69, 9.17) is 0 Å². The average molecular weight is 372 g/mol.